The second-order valence-corrected chi connectivity index (χ2v) is 4.75. The average Bonchev–Trinajstić information content (AvgIpc) is 2.53. The maximum atomic E-state index is 12.0. The van der Waals surface area contributed by atoms with Gasteiger partial charge >= 0.3 is 0 Å². The third-order valence-electron chi connectivity index (χ3n) is 2.74. The minimum atomic E-state index is -0.613. The topological polar surface area (TPSA) is 74.2 Å². The molecule has 21 heavy (non-hydrogen) atoms. The van der Waals surface area contributed by atoms with Crippen LogP contribution in [0.25, 0.3) is 0 Å². The molecule has 110 valence electrons. The number of nitrogens with one attached hydrogen (secondary N) is 2. The summed E-state index contributed by atoms with van der Waals surface area (Å²) in [6.45, 7) is 0.348. The molecule has 5 nitrogen and oxygen atoms in total. The van der Waals surface area contributed by atoms with Crippen LogP contribution in [0.5, 0.6) is 0 Å². The van der Waals surface area contributed by atoms with Gasteiger partial charge in [-0.25, -0.2) is 0 Å². The number of nitrogens with zero attached hydrogens (tertiary/aromatic N) is 1. The first-order valence-corrected chi connectivity index (χ1v) is 7.03. The molecule has 0 saturated heterocycles. The number of carbonyl (C=O) groups is 1. The zero-order valence-corrected chi connectivity index (χ0v) is 12.0. The molecule has 0 aliphatic carbocycles. The molecule has 0 fully saturated rings. The highest BCUT2D eigenvalue weighted by molar-refractivity contribution is 6.18. The van der Waals surface area contributed by atoms with E-state index in [4.69, 9.17) is 11.6 Å². The monoisotopic (exact) mass is 305 g/mol. The lowest BCUT2D eigenvalue weighted by atomic mass is 10.2. The van der Waals surface area contributed by atoms with E-state index in [-0.39, 0.29) is 11.8 Å². The molecular weight excluding hydrogens is 290 g/mol. The Bertz CT molecular complexity index is 592. The van der Waals surface area contributed by atoms with E-state index in [1.165, 1.54) is 0 Å². The lowest BCUT2D eigenvalue weighted by Gasteiger charge is -2.11. The lowest BCUT2D eigenvalue weighted by Crippen LogP contribution is -2.20. The van der Waals surface area contributed by atoms with E-state index in [2.05, 4.69) is 15.6 Å². The SMILES string of the molecule is O=C(Nc1cccc(NCC(O)CCl)c1)c1ccccn1. The number of hydrogen-bond acceptors (Lipinski definition) is 4. The van der Waals surface area contributed by atoms with Crippen molar-refractivity contribution in [2.24, 2.45) is 0 Å². The van der Waals surface area contributed by atoms with Crippen LogP contribution in [-0.2, 0) is 0 Å². The summed E-state index contributed by atoms with van der Waals surface area (Å²) >= 11 is 5.53. The third-order valence-corrected chi connectivity index (χ3v) is 3.09. The van der Waals surface area contributed by atoms with Gasteiger partial charge in [-0.2, -0.15) is 0 Å². The van der Waals surface area contributed by atoms with Gasteiger partial charge < -0.3 is 15.7 Å². The van der Waals surface area contributed by atoms with E-state index >= 15 is 0 Å². The Labute approximate surface area is 128 Å². The Balaban J connectivity index is 1.99. The predicted octanol–water partition coefficient (Wildman–Crippen LogP) is 2.35. The van der Waals surface area contributed by atoms with Crippen molar-refractivity contribution >= 4 is 28.9 Å². The Hall–Kier alpha value is -2.11. The molecule has 1 aromatic heterocycles. The summed E-state index contributed by atoms with van der Waals surface area (Å²) < 4.78 is 0. The molecule has 0 spiro atoms. The third kappa shape index (κ3) is 4.73. The Morgan fingerprint density at radius 2 is 2.05 bits per heavy atom. The largest absolute Gasteiger partial charge is 0.390 e. The number of amides is 1. The predicted molar refractivity (Wildman–Crippen MR) is 83.8 cm³/mol. The summed E-state index contributed by atoms with van der Waals surface area (Å²) in [7, 11) is 0. The van der Waals surface area contributed by atoms with Crippen LogP contribution in [0, 0.1) is 0 Å². The van der Waals surface area contributed by atoms with Gasteiger partial charge in [0.1, 0.15) is 5.69 Å². The fraction of sp³-hybridized carbons (Fsp3) is 0.200. The molecule has 0 radical (unpaired) electrons. The van der Waals surface area contributed by atoms with Gasteiger partial charge in [0.2, 0.25) is 0 Å². The molecule has 1 unspecified atom stereocenters. The van der Waals surface area contributed by atoms with Crippen molar-refractivity contribution in [1.82, 2.24) is 4.98 Å². The van der Waals surface area contributed by atoms with Gasteiger partial charge in [0.05, 0.1) is 12.0 Å². The smallest absolute Gasteiger partial charge is 0.274 e. The number of rotatable bonds is 6. The lowest BCUT2D eigenvalue weighted by molar-refractivity contribution is 0.102. The van der Waals surface area contributed by atoms with Gasteiger partial charge in [-0.1, -0.05) is 12.1 Å². The number of pyridine rings is 1. The molecule has 2 rings (SSSR count). The van der Waals surface area contributed by atoms with Crippen LogP contribution < -0.4 is 10.6 Å². The van der Waals surface area contributed by atoms with Gasteiger partial charge in [-0.15, -0.1) is 11.6 Å². The number of halogens is 1. The Kier molecular flexibility index (Phi) is 5.54. The molecule has 0 saturated carbocycles. The van der Waals surface area contributed by atoms with Crippen LogP contribution in [0.1, 0.15) is 10.5 Å². The molecule has 1 heterocycles. The number of alkyl halides is 1. The first-order valence-electron chi connectivity index (χ1n) is 6.49. The van der Waals surface area contributed by atoms with E-state index in [1.54, 1.807) is 36.5 Å². The van der Waals surface area contributed by atoms with Gasteiger partial charge in [0, 0.05) is 24.1 Å². The van der Waals surface area contributed by atoms with E-state index in [0.717, 1.165) is 5.69 Å². The van der Waals surface area contributed by atoms with E-state index in [9.17, 15) is 9.90 Å². The van der Waals surface area contributed by atoms with Gasteiger partial charge in [0.15, 0.2) is 0 Å². The molecule has 6 heteroatoms. The van der Waals surface area contributed by atoms with Gasteiger partial charge in [-0.05, 0) is 30.3 Å². The molecular formula is C15H16ClN3O2. The summed E-state index contributed by atoms with van der Waals surface area (Å²) in [5.74, 6) is -0.100. The summed E-state index contributed by atoms with van der Waals surface area (Å²) in [6.07, 6.45) is 0.957. The molecule has 0 aliphatic rings. The van der Waals surface area contributed by atoms with Gasteiger partial charge in [-0.3, -0.25) is 9.78 Å². The van der Waals surface area contributed by atoms with Crippen molar-refractivity contribution in [3.8, 4) is 0 Å². The summed E-state index contributed by atoms with van der Waals surface area (Å²) in [5, 5.41) is 15.2. The van der Waals surface area contributed by atoms with E-state index < -0.39 is 6.10 Å². The van der Waals surface area contributed by atoms with E-state index in [0.29, 0.717) is 17.9 Å². The van der Waals surface area contributed by atoms with Crippen molar-refractivity contribution in [3.05, 3.63) is 54.4 Å². The highest BCUT2D eigenvalue weighted by Crippen LogP contribution is 2.15. The van der Waals surface area contributed by atoms with Crippen molar-refractivity contribution in [2.45, 2.75) is 6.10 Å². The fourth-order valence-corrected chi connectivity index (χ4v) is 1.80. The van der Waals surface area contributed by atoms with Crippen molar-refractivity contribution < 1.29 is 9.90 Å². The minimum Gasteiger partial charge on any atom is -0.390 e. The highest BCUT2D eigenvalue weighted by atomic mass is 35.5. The number of aliphatic hydroxyl groups excluding tert-OH is 1. The number of benzene rings is 1. The Morgan fingerprint density at radius 3 is 2.76 bits per heavy atom. The molecule has 2 aromatic rings. The number of hydrogen-bond donors (Lipinski definition) is 3. The highest BCUT2D eigenvalue weighted by Gasteiger charge is 2.07. The molecule has 1 atom stereocenters. The molecule has 1 aromatic carbocycles. The number of aliphatic hydroxyl groups is 1. The maximum Gasteiger partial charge on any atom is 0.274 e. The maximum absolute atomic E-state index is 12.0. The first kappa shape index (κ1) is 15.3. The molecule has 3 N–H and O–H groups in total. The summed E-state index contributed by atoms with van der Waals surface area (Å²) in [4.78, 5) is 16.0. The molecule has 0 aliphatic heterocycles. The Morgan fingerprint density at radius 1 is 1.24 bits per heavy atom. The van der Waals surface area contributed by atoms with Crippen LogP contribution >= 0.6 is 11.6 Å². The summed E-state index contributed by atoms with van der Waals surface area (Å²) in [6, 6.07) is 12.4. The second kappa shape index (κ2) is 7.61. The van der Waals surface area contributed by atoms with Crippen molar-refractivity contribution in [2.75, 3.05) is 23.1 Å². The van der Waals surface area contributed by atoms with Crippen LogP contribution in [0.2, 0.25) is 0 Å². The van der Waals surface area contributed by atoms with E-state index in [1.807, 2.05) is 12.1 Å². The van der Waals surface area contributed by atoms with Crippen molar-refractivity contribution in [3.63, 3.8) is 0 Å². The van der Waals surface area contributed by atoms with Crippen LogP contribution in [0.4, 0.5) is 11.4 Å². The number of anilines is 2. The first-order chi connectivity index (χ1) is 10.2. The van der Waals surface area contributed by atoms with Gasteiger partial charge in [0.25, 0.3) is 5.91 Å². The standard InChI is InChI=1S/C15H16ClN3O2/c16-9-13(20)10-18-11-4-3-5-12(8-11)19-15(21)14-6-1-2-7-17-14/h1-8,13,18,20H,9-10H2,(H,19,21). The minimum absolute atomic E-state index is 0.170. The fourth-order valence-electron chi connectivity index (χ4n) is 1.69. The average molecular weight is 306 g/mol. The zero-order valence-electron chi connectivity index (χ0n) is 11.3. The normalized spacial score (nSPS) is 11.7. The number of carbonyl (C=O) groups excluding carboxylic acids is 1. The second-order valence-electron chi connectivity index (χ2n) is 4.44. The van der Waals surface area contributed by atoms with Crippen LogP contribution in [-0.4, -0.2) is 34.5 Å². The quantitative estimate of drug-likeness (QED) is 0.716. The van der Waals surface area contributed by atoms with Crippen molar-refractivity contribution in [1.29, 1.82) is 0 Å². The summed E-state index contributed by atoms with van der Waals surface area (Å²) in [5.41, 5.74) is 1.79. The van der Waals surface area contributed by atoms with Crippen LogP contribution in [0.3, 0.4) is 0 Å². The zero-order chi connectivity index (χ0) is 15.1. The number of aromatic nitrogens is 1. The molecule has 0 bridgehead atoms. The molecule has 1 amide bonds. The van der Waals surface area contributed by atoms with Crippen LogP contribution in [0.15, 0.2) is 48.7 Å².